The third-order valence-electron chi connectivity index (χ3n) is 4.61. The minimum atomic E-state index is -3.87. The maximum absolute atomic E-state index is 12.7. The maximum Gasteiger partial charge on any atom is 0.407 e. The molecule has 0 aliphatic carbocycles. The topological polar surface area (TPSA) is 131 Å². The van der Waals surface area contributed by atoms with Gasteiger partial charge in [-0.2, -0.15) is 5.10 Å². The molecule has 0 fully saturated rings. The molecule has 1 aromatic heterocycles. The molecule has 35 heavy (non-hydrogen) atoms. The monoisotopic (exact) mass is 499 g/mol. The van der Waals surface area contributed by atoms with Crippen molar-refractivity contribution < 1.29 is 22.7 Å². The molecule has 3 aromatic rings. The average Bonchev–Trinajstić information content (AvgIpc) is 3.18. The summed E-state index contributed by atoms with van der Waals surface area (Å²) in [4.78, 5) is 24.4. The molecule has 0 spiro atoms. The number of amides is 2. The molecule has 0 saturated carbocycles. The van der Waals surface area contributed by atoms with Crippen molar-refractivity contribution in [2.24, 2.45) is 0 Å². The van der Waals surface area contributed by atoms with Crippen LogP contribution in [0.25, 0.3) is 5.69 Å². The zero-order valence-corrected chi connectivity index (χ0v) is 20.8. The summed E-state index contributed by atoms with van der Waals surface area (Å²) in [5, 5.41) is 9.53. The van der Waals surface area contributed by atoms with Gasteiger partial charge in [0.1, 0.15) is 5.60 Å². The van der Waals surface area contributed by atoms with Crippen LogP contribution in [0.1, 0.15) is 37.0 Å². The van der Waals surface area contributed by atoms with Crippen molar-refractivity contribution in [3.05, 3.63) is 72.1 Å². The molecule has 2 aromatic carbocycles. The van der Waals surface area contributed by atoms with Gasteiger partial charge in [-0.15, -0.1) is 0 Å². The van der Waals surface area contributed by atoms with E-state index in [0.717, 1.165) is 11.4 Å². The van der Waals surface area contributed by atoms with Crippen molar-refractivity contribution in [1.29, 1.82) is 0 Å². The van der Waals surface area contributed by atoms with E-state index in [2.05, 4.69) is 20.5 Å². The third kappa shape index (κ3) is 7.39. The number of sulfonamides is 1. The van der Waals surface area contributed by atoms with Crippen LogP contribution in [-0.2, 0) is 14.8 Å². The molecule has 0 bridgehead atoms. The molecule has 11 heteroatoms. The smallest absolute Gasteiger partial charge is 0.407 e. The standard InChI is InChI=1S/C24H29N5O5S/c1-17-15-21(28-29(17)19-10-6-5-7-11-19)22(30)27-18-9-8-12-20(16-18)35(32,33)26-14-13-25-23(31)34-24(2,3)4/h5-12,15-16,26H,13-14H2,1-4H3,(H,25,31)(H,27,30). The summed E-state index contributed by atoms with van der Waals surface area (Å²) in [5.74, 6) is -0.466. The second-order valence-electron chi connectivity index (χ2n) is 8.73. The normalized spacial score (nSPS) is 11.7. The Kier molecular flexibility index (Phi) is 7.92. The second kappa shape index (κ2) is 10.7. The lowest BCUT2D eigenvalue weighted by atomic mass is 10.2. The summed E-state index contributed by atoms with van der Waals surface area (Å²) < 4.78 is 34.4. The largest absolute Gasteiger partial charge is 0.444 e. The lowest BCUT2D eigenvalue weighted by Gasteiger charge is -2.19. The summed E-state index contributed by atoms with van der Waals surface area (Å²) in [5.41, 5.74) is 1.46. The molecule has 186 valence electrons. The van der Waals surface area contributed by atoms with Crippen molar-refractivity contribution in [2.75, 3.05) is 18.4 Å². The van der Waals surface area contributed by atoms with Gasteiger partial charge in [-0.3, -0.25) is 4.79 Å². The van der Waals surface area contributed by atoms with Gasteiger partial charge in [0.05, 0.1) is 10.6 Å². The Bertz CT molecular complexity index is 1300. The van der Waals surface area contributed by atoms with Gasteiger partial charge in [0.15, 0.2) is 5.69 Å². The molecular weight excluding hydrogens is 470 g/mol. The summed E-state index contributed by atoms with van der Waals surface area (Å²) in [6.45, 7) is 7.06. The number of nitrogens with zero attached hydrogens (tertiary/aromatic N) is 2. The quantitative estimate of drug-likeness (QED) is 0.408. The number of para-hydroxylation sites is 1. The van der Waals surface area contributed by atoms with Gasteiger partial charge < -0.3 is 15.4 Å². The Morgan fingerprint density at radius 3 is 2.40 bits per heavy atom. The van der Waals surface area contributed by atoms with Crippen LogP contribution in [-0.4, -0.2) is 48.9 Å². The molecule has 3 rings (SSSR count). The zero-order valence-electron chi connectivity index (χ0n) is 20.0. The van der Waals surface area contributed by atoms with Crippen molar-refractivity contribution in [1.82, 2.24) is 19.8 Å². The molecule has 10 nitrogen and oxygen atoms in total. The molecular formula is C24H29N5O5S. The molecule has 2 amide bonds. The minimum absolute atomic E-state index is 0.0291. The molecule has 0 aliphatic rings. The summed E-state index contributed by atoms with van der Waals surface area (Å²) in [6.07, 6.45) is -0.633. The van der Waals surface area contributed by atoms with E-state index in [1.807, 2.05) is 37.3 Å². The first-order valence-electron chi connectivity index (χ1n) is 10.9. The molecule has 0 atom stereocenters. The van der Waals surface area contributed by atoms with Crippen LogP contribution in [0.15, 0.2) is 65.6 Å². The highest BCUT2D eigenvalue weighted by atomic mass is 32.2. The van der Waals surface area contributed by atoms with Crippen molar-refractivity contribution in [3.8, 4) is 5.69 Å². The fourth-order valence-electron chi connectivity index (χ4n) is 3.10. The van der Waals surface area contributed by atoms with Crippen LogP contribution in [0.5, 0.6) is 0 Å². The average molecular weight is 500 g/mol. The van der Waals surface area contributed by atoms with Crippen LogP contribution >= 0.6 is 0 Å². The highest BCUT2D eigenvalue weighted by Crippen LogP contribution is 2.17. The van der Waals surface area contributed by atoms with Gasteiger partial charge >= 0.3 is 6.09 Å². The number of hydrogen-bond acceptors (Lipinski definition) is 6. The molecule has 1 heterocycles. The highest BCUT2D eigenvalue weighted by Gasteiger charge is 2.18. The number of ether oxygens (including phenoxy) is 1. The number of carbonyl (C=O) groups is 2. The number of anilines is 1. The van der Waals surface area contributed by atoms with E-state index in [-0.39, 0.29) is 23.7 Å². The van der Waals surface area contributed by atoms with Crippen LogP contribution in [0.4, 0.5) is 10.5 Å². The Labute approximate surface area is 204 Å². The molecule has 0 radical (unpaired) electrons. The predicted octanol–water partition coefficient (Wildman–Crippen LogP) is 3.24. The van der Waals surface area contributed by atoms with Crippen LogP contribution in [0.3, 0.4) is 0 Å². The number of hydrogen-bond donors (Lipinski definition) is 3. The maximum atomic E-state index is 12.7. The van der Waals surface area contributed by atoms with E-state index in [4.69, 9.17) is 4.74 Å². The van der Waals surface area contributed by atoms with Gasteiger partial charge in [0, 0.05) is 24.5 Å². The summed E-state index contributed by atoms with van der Waals surface area (Å²) in [6, 6.07) is 16.9. The lowest BCUT2D eigenvalue weighted by Crippen LogP contribution is -2.37. The van der Waals surface area contributed by atoms with Crippen molar-refractivity contribution >= 4 is 27.7 Å². The van der Waals surface area contributed by atoms with E-state index in [9.17, 15) is 18.0 Å². The SMILES string of the molecule is Cc1cc(C(=O)Nc2cccc(S(=O)(=O)NCCNC(=O)OC(C)(C)C)c2)nn1-c1ccccc1. The Morgan fingerprint density at radius 2 is 1.71 bits per heavy atom. The van der Waals surface area contributed by atoms with Crippen molar-refractivity contribution in [3.63, 3.8) is 0 Å². The highest BCUT2D eigenvalue weighted by molar-refractivity contribution is 7.89. The van der Waals surface area contributed by atoms with Crippen molar-refractivity contribution in [2.45, 2.75) is 38.2 Å². The first-order chi connectivity index (χ1) is 16.4. The van der Waals surface area contributed by atoms with Gasteiger partial charge in [0.25, 0.3) is 5.91 Å². The third-order valence-corrected chi connectivity index (χ3v) is 6.07. The van der Waals surface area contributed by atoms with E-state index in [1.54, 1.807) is 37.6 Å². The number of carbonyl (C=O) groups excluding carboxylic acids is 2. The fourth-order valence-corrected chi connectivity index (χ4v) is 4.18. The number of aryl methyl sites for hydroxylation is 1. The van der Waals surface area contributed by atoms with Gasteiger partial charge in [-0.05, 0) is 64.1 Å². The first-order valence-corrected chi connectivity index (χ1v) is 12.4. The number of rotatable bonds is 8. The number of benzene rings is 2. The lowest BCUT2D eigenvalue weighted by molar-refractivity contribution is 0.0528. The number of aromatic nitrogens is 2. The minimum Gasteiger partial charge on any atom is -0.444 e. The molecule has 3 N–H and O–H groups in total. The second-order valence-corrected chi connectivity index (χ2v) is 10.5. The Hall–Kier alpha value is -3.70. The van der Waals surface area contributed by atoms with Gasteiger partial charge in [-0.25, -0.2) is 22.6 Å². The fraction of sp³-hybridized carbons (Fsp3) is 0.292. The number of alkyl carbamates (subject to hydrolysis) is 1. The van der Waals surface area contributed by atoms with Crippen LogP contribution < -0.4 is 15.4 Å². The van der Waals surface area contributed by atoms with Crippen LogP contribution in [0.2, 0.25) is 0 Å². The number of nitrogens with one attached hydrogen (secondary N) is 3. The Balaban J connectivity index is 1.61. The molecule has 0 saturated heterocycles. The van der Waals surface area contributed by atoms with E-state index in [0.29, 0.717) is 5.69 Å². The van der Waals surface area contributed by atoms with E-state index >= 15 is 0 Å². The van der Waals surface area contributed by atoms with E-state index in [1.165, 1.54) is 18.2 Å². The Morgan fingerprint density at radius 1 is 1.00 bits per heavy atom. The van der Waals surface area contributed by atoms with Gasteiger partial charge in [-0.1, -0.05) is 24.3 Å². The zero-order chi connectivity index (χ0) is 25.6. The summed E-state index contributed by atoms with van der Waals surface area (Å²) in [7, 11) is -3.87. The molecule has 0 aliphatic heterocycles. The van der Waals surface area contributed by atoms with Crippen LogP contribution in [0, 0.1) is 6.92 Å². The summed E-state index contributed by atoms with van der Waals surface area (Å²) >= 11 is 0. The molecule has 0 unspecified atom stereocenters. The first kappa shape index (κ1) is 25.9. The van der Waals surface area contributed by atoms with Gasteiger partial charge in [0.2, 0.25) is 10.0 Å². The predicted molar refractivity (Wildman–Crippen MR) is 132 cm³/mol. The van der Waals surface area contributed by atoms with E-state index < -0.39 is 27.6 Å².